The lowest BCUT2D eigenvalue weighted by Crippen LogP contribution is -2.24. The molecule has 4 aromatic rings. The fourth-order valence-electron chi connectivity index (χ4n) is 2.87. The summed E-state index contributed by atoms with van der Waals surface area (Å²) in [6.07, 6.45) is 5.84. The molecule has 0 aliphatic carbocycles. The number of carbonyl (C=O) groups is 1. The Morgan fingerprint density at radius 1 is 1.04 bits per heavy atom. The zero-order valence-corrected chi connectivity index (χ0v) is 15.1. The Balaban J connectivity index is 1.39. The Hall–Kier alpha value is -2.92. The summed E-state index contributed by atoms with van der Waals surface area (Å²) in [4.78, 5) is 17.0. The Bertz CT molecular complexity index is 1010. The molecule has 0 fully saturated rings. The van der Waals surface area contributed by atoms with Crippen LogP contribution < -0.4 is 5.32 Å². The first kappa shape index (κ1) is 16.5. The average molecular weight is 361 g/mol. The summed E-state index contributed by atoms with van der Waals surface area (Å²) < 4.78 is 3.00. The number of rotatable bonds is 6. The van der Waals surface area contributed by atoms with Gasteiger partial charge in [-0.2, -0.15) is 0 Å². The maximum Gasteiger partial charge on any atom is 0.251 e. The van der Waals surface area contributed by atoms with Crippen LogP contribution in [0.3, 0.4) is 0 Å². The summed E-state index contributed by atoms with van der Waals surface area (Å²) in [5.74, 6) is -0.0316. The van der Waals surface area contributed by atoms with Crippen molar-refractivity contribution in [2.45, 2.75) is 12.8 Å². The molecule has 4 rings (SSSR count). The Morgan fingerprint density at radius 2 is 1.85 bits per heavy atom. The molecular formula is C21H19N3OS. The first-order valence-electron chi connectivity index (χ1n) is 8.66. The summed E-state index contributed by atoms with van der Waals surface area (Å²) in [6.45, 7) is 0.670. The number of fused-ring (bicyclic) bond motifs is 1. The van der Waals surface area contributed by atoms with Gasteiger partial charge in [-0.1, -0.05) is 41.7 Å². The first-order chi connectivity index (χ1) is 12.8. The Morgan fingerprint density at radius 3 is 2.65 bits per heavy atom. The van der Waals surface area contributed by atoms with Crippen molar-refractivity contribution in [3.05, 3.63) is 84.2 Å². The molecule has 2 heterocycles. The number of aromatic nitrogens is 2. The van der Waals surface area contributed by atoms with E-state index in [2.05, 4.69) is 22.4 Å². The van der Waals surface area contributed by atoms with E-state index in [9.17, 15) is 4.79 Å². The molecule has 0 saturated heterocycles. The van der Waals surface area contributed by atoms with Gasteiger partial charge < -0.3 is 9.88 Å². The van der Waals surface area contributed by atoms with Gasteiger partial charge in [0.25, 0.3) is 5.91 Å². The molecule has 0 saturated carbocycles. The highest BCUT2D eigenvalue weighted by Crippen LogP contribution is 2.26. The second-order valence-corrected chi connectivity index (χ2v) is 7.12. The van der Waals surface area contributed by atoms with E-state index in [-0.39, 0.29) is 5.91 Å². The van der Waals surface area contributed by atoms with Crippen LogP contribution >= 0.6 is 11.3 Å². The normalized spacial score (nSPS) is 10.9. The zero-order chi connectivity index (χ0) is 17.8. The number of nitrogens with one attached hydrogen (secondary N) is 1. The fourth-order valence-corrected chi connectivity index (χ4v) is 3.84. The third-order valence-corrected chi connectivity index (χ3v) is 5.27. The topological polar surface area (TPSA) is 46.9 Å². The number of thiazole rings is 1. The van der Waals surface area contributed by atoms with Crippen LogP contribution in [-0.2, 0) is 6.42 Å². The van der Waals surface area contributed by atoms with Gasteiger partial charge in [0, 0.05) is 24.5 Å². The Kier molecular flexibility index (Phi) is 4.80. The molecule has 2 aromatic carbocycles. The first-order valence-corrected chi connectivity index (χ1v) is 9.47. The second kappa shape index (κ2) is 7.54. The third-order valence-electron chi connectivity index (χ3n) is 4.24. The van der Waals surface area contributed by atoms with Gasteiger partial charge in [0.05, 0.1) is 10.2 Å². The number of nitrogens with zero attached hydrogens (tertiary/aromatic N) is 2. The maximum absolute atomic E-state index is 12.4. The molecule has 0 radical (unpaired) electrons. The predicted molar refractivity (Wildman–Crippen MR) is 106 cm³/mol. The standard InChI is InChI=1S/C21H19N3OS/c25-20(22-12-6-9-16-7-2-1-3-8-16)17-10-11-18-19(15-17)26-21(23-18)24-13-4-5-14-24/h1-5,7-8,10-11,13-15H,6,9,12H2,(H,22,25). The van der Waals surface area contributed by atoms with Crippen LogP contribution in [0.5, 0.6) is 0 Å². The number of amides is 1. The number of benzene rings is 2. The molecular weight excluding hydrogens is 342 g/mol. The van der Waals surface area contributed by atoms with E-state index < -0.39 is 0 Å². The molecule has 0 aliphatic rings. The van der Waals surface area contributed by atoms with E-state index in [0.29, 0.717) is 12.1 Å². The van der Waals surface area contributed by atoms with E-state index in [1.165, 1.54) is 5.56 Å². The molecule has 0 spiro atoms. The molecule has 0 unspecified atom stereocenters. The van der Waals surface area contributed by atoms with E-state index in [4.69, 9.17) is 0 Å². The molecule has 26 heavy (non-hydrogen) atoms. The molecule has 1 N–H and O–H groups in total. The van der Waals surface area contributed by atoms with Gasteiger partial charge in [-0.3, -0.25) is 4.79 Å². The van der Waals surface area contributed by atoms with Gasteiger partial charge in [-0.05, 0) is 48.7 Å². The highest BCUT2D eigenvalue weighted by atomic mass is 32.1. The van der Waals surface area contributed by atoms with Crippen molar-refractivity contribution in [3.8, 4) is 5.13 Å². The quantitative estimate of drug-likeness (QED) is 0.516. The SMILES string of the molecule is O=C(NCCCc1ccccc1)c1ccc2nc(-n3cccc3)sc2c1. The van der Waals surface area contributed by atoms with Crippen molar-refractivity contribution in [2.75, 3.05) is 6.54 Å². The van der Waals surface area contributed by atoms with Gasteiger partial charge in [-0.15, -0.1) is 0 Å². The van der Waals surface area contributed by atoms with Gasteiger partial charge in [0.15, 0.2) is 5.13 Å². The predicted octanol–water partition coefficient (Wildman–Crippen LogP) is 4.45. The summed E-state index contributed by atoms with van der Waals surface area (Å²) in [5, 5.41) is 3.92. The van der Waals surface area contributed by atoms with E-state index in [1.54, 1.807) is 11.3 Å². The second-order valence-electron chi connectivity index (χ2n) is 6.11. The van der Waals surface area contributed by atoms with Crippen molar-refractivity contribution < 1.29 is 4.79 Å². The largest absolute Gasteiger partial charge is 0.352 e. The van der Waals surface area contributed by atoms with Crippen molar-refractivity contribution in [1.82, 2.24) is 14.9 Å². The smallest absolute Gasteiger partial charge is 0.251 e. The molecule has 0 bridgehead atoms. The summed E-state index contributed by atoms with van der Waals surface area (Å²) >= 11 is 1.58. The van der Waals surface area contributed by atoms with Crippen LogP contribution in [0.15, 0.2) is 73.1 Å². The van der Waals surface area contributed by atoms with E-state index in [1.807, 2.05) is 65.5 Å². The lowest BCUT2D eigenvalue weighted by atomic mass is 10.1. The van der Waals surface area contributed by atoms with Crippen LogP contribution in [0, 0.1) is 0 Å². The highest BCUT2D eigenvalue weighted by Gasteiger charge is 2.10. The zero-order valence-electron chi connectivity index (χ0n) is 14.3. The highest BCUT2D eigenvalue weighted by molar-refractivity contribution is 7.20. The summed E-state index contributed by atoms with van der Waals surface area (Å²) in [5.41, 5.74) is 2.89. The molecule has 1 amide bonds. The van der Waals surface area contributed by atoms with Gasteiger partial charge in [0.1, 0.15) is 0 Å². The number of aryl methyl sites for hydroxylation is 1. The van der Waals surface area contributed by atoms with Crippen LogP contribution in [0.2, 0.25) is 0 Å². The van der Waals surface area contributed by atoms with E-state index >= 15 is 0 Å². The van der Waals surface area contributed by atoms with Crippen LogP contribution in [-0.4, -0.2) is 22.0 Å². The molecule has 2 aromatic heterocycles. The maximum atomic E-state index is 12.4. The minimum absolute atomic E-state index is 0.0316. The lowest BCUT2D eigenvalue weighted by molar-refractivity contribution is 0.0953. The molecule has 4 nitrogen and oxygen atoms in total. The summed E-state index contributed by atoms with van der Waals surface area (Å²) in [7, 11) is 0. The lowest BCUT2D eigenvalue weighted by Gasteiger charge is -2.05. The number of hydrogen-bond donors (Lipinski definition) is 1. The summed E-state index contributed by atoms with van der Waals surface area (Å²) in [6, 6.07) is 20.0. The van der Waals surface area contributed by atoms with Gasteiger partial charge in [0.2, 0.25) is 0 Å². The van der Waals surface area contributed by atoms with Crippen molar-refractivity contribution >= 4 is 27.5 Å². The van der Waals surface area contributed by atoms with Gasteiger partial charge >= 0.3 is 0 Å². The number of hydrogen-bond acceptors (Lipinski definition) is 3. The van der Waals surface area contributed by atoms with Crippen LogP contribution in [0.1, 0.15) is 22.3 Å². The minimum Gasteiger partial charge on any atom is -0.352 e. The molecule has 5 heteroatoms. The third kappa shape index (κ3) is 3.68. The van der Waals surface area contributed by atoms with Crippen molar-refractivity contribution in [1.29, 1.82) is 0 Å². The number of carbonyl (C=O) groups excluding carboxylic acids is 1. The van der Waals surface area contributed by atoms with Gasteiger partial charge in [-0.25, -0.2) is 4.98 Å². The van der Waals surface area contributed by atoms with Crippen LogP contribution in [0.4, 0.5) is 0 Å². The monoisotopic (exact) mass is 361 g/mol. The van der Waals surface area contributed by atoms with Crippen LogP contribution in [0.25, 0.3) is 15.3 Å². The fraction of sp³-hybridized carbons (Fsp3) is 0.143. The molecule has 0 atom stereocenters. The minimum atomic E-state index is -0.0316. The molecule has 130 valence electrons. The van der Waals surface area contributed by atoms with Crippen molar-refractivity contribution in [3.63, 3.8) is 0 Å². The molecule has 0 aliphatic heterocycles. The van der Waals surface area contributed by atoms with Crippen molar-refractivity contribution in [2.24, 2.45) is 0 Å². The Labute approximate surface area is 156 Å². The average Bonchev–Trinajstić information content (AvgIpc) is 3.34. The van der Waals surface area contributed by atoms with E-state index in [0.717, 1.165) is 28.2 Å².